The fourth-order valence-corrected chi connectivity index (χ4v) is 4.52. The Morgan fingerprint density at radius 2 is 1.69 bits per heavy atom. The first-order valence-electron chi connectivity index (χ1n) is 6.08. The third-order valence-corrected chi connectivity index (χ3v) is 7.97. The lowest BCUT2D eigenvalue weighted by Gasteiger charge is -2.37. The van der Waals surface area contributed by atoms with Gasteiger partial charge in [-0.1, -0.05) is 27.4 Å². The smallest absolute Gasteiger partial charge is 0.333 e. The molecule has 0 saturated heterocycles. The van der Waals surface area contributed by atoms with E-state index in [4.69, 9.17) is 4.74 Å². The molecule has 0 aliphatic rings. The number of hydrogen-bond acceptors (Lipinski definition) is 2. The fourth-order valence-electron chi connectivity index (χ4n) is 1.70. The minimum absolute atomic E-state index is 0.259. The molecule has 0 unspecified atom stereocenters. The van der Waals surface area contributed by atoms with E-state index in [-0.39, 0.29) is 5.97 Å². The quantitative estimate of drug-likeness (QED) is 0.373. The Bertz CT molecular complexity index is 224. The van der Waals surface area contributed by atoms with Gasteiger partial charge in [-0.05, 0) is 36.4 Å². The van der Waals surface area contributed by atoms with Crippen molar-refractivity contribution in [3.05, 3.63) is 12.2 Å². The van der Waals surface area contributed by atoms with Crippen LogP contribution < -0.4 is 0 Å². The average molecular weight is 246 g/mol. The van der Waals surface area contributed by atoms with Crippen molar-refractivity contribution in [2.75, 3.05) is 29.6 Å². The van der Waals surface area contributed by atoms with Gasteiger partial charge in [-0.15, -0.1) is 0 Å². The van der Waals surface area contributed by atoms with Gasteiger partial charge >= 0.3 is 5.97 Å². The largest absolute Gasteiger partial charge is 0.462 e. The molecule has 0 fully saturated rings. The summed E-state index contributed by atoms with van der Waals surface area (Å²) < 4.78 is 5.11. The Labute approximate surface area is 102 Å². The highest BCUT2D eigenvalue weighted by atomic mass is 32.3. The Hall–Kier alpha value is -0.440. The van der Waals surface area contributed by atoms with Gasteiger partial charge in [0.25, 0.3) is 0 Å². The van der Waals surface area contributed by atoms with Crippen LogP contribution >= 0.6 is 10.0 Å². The van der Waals surface area contributed by atoms with Gasteiger partial charge in [-0.2, -0.15) is 0 Å². The fraction of sp³-hybridized carbons (Fsp3) is 0.769. The lowest BCUT2D eigenvalue weighted by atomic mass is 10.4. The summed E-state index contributed by atoms with van der Waals surface area (Å²) in [7, 11) is -0.442. The summed E-state index contributed by atoms with van der Waals surface area (Å²) in [6.45, 7) is 12.6. The summed E-state index contributed by atoms with van der Waals surface area (Å²) >= 11 is 0. The summed E-state index contributed by atoms with van der Waals surface area (Å²) in [4.78, 5) is 11.2. The number of rotatable bonds is 8. The number of esters is 1. The highest BCUT2D eigenvalue weighted by molar-refractivity contribution is 8.33. The Morgan fingerprint density at radius 1 is 1.19 bits per heavy atom. The van der Waals surface area contributed by atoms with E-state index in [9.17, 15) is 4.79 Å². The zero-order chi connectivity index (χ0) is 12.6. The molecule has 0 saturated carbocycles. The molecule has 0 aliphatic heterocycles. The molecule has 0 aromatic rings. The maximum absolute atomic E-state index is 11.2. The van der Waals surface area contributed by atoms with Crippen LogP contribution in [-0.4, -0.2) is 35.6 Å². The molecule has 0 spiro atoms. The molecule has 0 amide bonds. The summed E-state index contributed by atoms with van der Waals surface area (Å²) in [5.41, 5.74) is 0.486. The van der Waals surface area contributed by atoms with Crippen LogP contribution in [0.25, 0.3) is 0 Å². The molecular weight excluding hydrogens is 220 g/mol. The van der Waals surface area contributed by atoms with Crippen LogP contribution in [0.5, 0.6) is 0 Å². The van der Waals surface area contributed by atoms with Crippen molar-refractivity contribution in [3.8, 4) is 0 Å². The first kappa shape index (κ1) is 15.6. The van der Waals surface area contributed by atoms with E-state index >= 15 is 0 Å². The third kappa shape index (κ3) is 5.06. The second-order valence-electron chi connectivity index (χ2n) is 4.06. The van der Waals surface area contributed by atoms with Gasteiger partial charge in [-0.3, -0.25) is 0 Å². The molecule has 0 heterocycles. The number of ether oxygens (including phenoxy) is 1. The van der Waals surface area contributed by atoms with Crippen molar-refractivity contribution in [1.82, 2.24) is 0 Å². The Kier molecular flexibility index (Phi) is 7.56. The zero-order valence-corrected chi connectivity index (χ0v) is 12.0. The zero-order valence-electron chi connectivity index (χ0n) is 11.2. The van der Waals surface area contributed by atoms with Crippen LogP contribution in [0.1, 0.15) is 34.1 Å². The number of hydrogen-bond donors (Lipinski definition) is 0. The van der Waals surface area contributed by atoms with E-state index in [0.717, 1.165) is 6.42 Å². The minimum Gasteiger partial charge on any atom is -0.462 e. The van der Waals surface area contributed by atoms with Crippen LogP contribution in [0, 0.1) is 0 Å². The molecule has 0 rings (SSSR count). The SMILES string of the molecule is C=C(C)C(=O)OCCCS(CC)(CC)CC. The summed E-state index contributed by atoms with van der Waals surface area (Å²) in [5.74, 6) is 4.82. The van der Waals surface area contributed by atoms with Crippen molar-refractivity contribution < 1.29 is 9.53 Å². The van der Waals surface area contributed by atoms with Crippen LogP contribution in [-0.2, 0) is 9.53 Å². The second-order valence-corrected chi connectivity index (χ2v) is 8.65. The maximum atomic E-state index is 11.2. The van der Waals surface area contributed by atoms with Gasteiger partial charge in [0.2, 0.25) is 0 Å². The predicted octanol–water partition coefficient (Wildman–Crippen LogP) is 3.36. The van der Waals surface area contributed by atoms with Gasteiger partial charge < -0.3 is 4.74 Å². The molecule has 0 atom stereocenters. The number of carbonyl (C=O) groups excluding carboxylic acids is 1. The van der Waals surface area contributed by atoms with Crippen molar-refractivity contribution >= 4 is 16.0 Å². The average Bonchev–Trinajstić information content (AvgIpc) is 2.30. The lowest BCUT2D eigenvalue weighted by molar-refractivity contribution is -0.138. The molecule has 96 valence electrons. The molecule has 16 heavy (non-hydrogen) atoms. The Balaban J connectivity index is 3.88. The van der Waals surface area contributed by atoms with E-state index in [0.29, 0.717) is 12.2 Å². The first-order chi connectivity index (χ1) is 7.51. The van der Waals surface area contributed by atoms with Gasteiger partial charge in [0.05, 0.1) is 6.61 Å². The molecule has 0 N–H and O–H groups in total. The van der Waals surface area contributed by atoms with Crippen LogP contribution in [0.4, 0.5) is 0 Å². The van der Waals surface area contributed by atoms with Crippen LogP contribution in [0.3, 0.4) is 0 Å². The van der Waals surface area contributed by atoms with E-state index in [1.807, 2.05) is 0 Å². The lowest BCUT2D eigenvalue weighted by Crippen LogP contribution is -2.15. The topological polar surface area (TPSA) is 26.3 Å². The summed E-state index contributed by atoms with van der Waals surface area (Å²) in [6.07, 6.45) is 0.990. The van der Waals surface area contributed by atoms with E-state index < -0.39 is 10.0 Å². The van der Waals surface area contributed by atoms with Crippen molar-refractivity contribution in [2.45, 2.75) is 34.1 Å². The summed E-state index contributed by atoms with van der Waals surface area (Å²) in [6, 6.07) is 0. The molecule has 0 radical (unpaired) electrons. The monoisotopic (exact) mass is 246 g/mol. The molecule has 3 heteroatoms. The Morgan fingerprint density at radius 3 is 2.06 bits per heavy atom. The molecule has 2 nitrogen and oxygen atoms in total. The van der Waals surface area contributed by atoms with Crippen LogP contribution in [0.2, 0.25) is 0 Å². The summed E-state index contributed by atoms with van der Waals surface area (Å²) in [5, 5.41) is 0. The van der Waals surface area contributed by atoms with E-state index in [1.165, 1.54) is 23.0 Å². The minimum atomic E-state index is -0.442. The molecular formula is C13H26O2S. The van der Waals surface area contributed by atoms with Crippen molar-refractivity contribution in [2.24, 2.45) is 0 Å². The van der Waals surface area contributed by atoms with Crippen LogP contribution in [0.15, 0.2) is 12.2 Å². The number of carbonyl (C=O) groups is 1. The van der Waals surface area contributed by atoms with Crippen molar-refractivity contribution in [3.63, 3.8) is 0 Å². The normalized spacial score (nSPS) is 12.2. The maximum Gasteiger partial charge on any atom is 0.333 e. The molecule has 0 aromatic carbocycles. The second kappa shape index (κ2) is 7.77. The van der Waals surface area contributed by atoms with Gasteiger partial charge in [-0.25, -0.2) is 14.8 Å². The third-order valence-electron chi connectivity index (χ3n) is 3.14. The van der Waals surface area contributed by atoms with Gasteiger partial charge in [0, 0.05) is 5.57 Å². The van der Waals surface area contributed by atoms with Crippen molar-refractivity contribution in [1.29, 1.82) is 0 Å². The van der Waals surface area contributed by atoms with E-state index in [1.54, 1.807) is 6.92 Å². The molecule has 0 aliphatic carbocycles. The highest BCUT2D eigenvalue weighted by Crippen LogP contribution is 2.47. The van der Waals surface area contributed by atoms with Gasteiger partial charge in [0.15, 0.2) is 0 Å². The standard InChI is InChI=1S/C13H26O2S/c1-6-16(7-2,8-3)11-9-10-15-13(14)12(4)5/h4,6-11H2,1-3,5H3. The van der Waals surface area contributed by atoms with Gasteiger partial charge in [0.1, 0.15) is 0 Å². The first-order valence-corrected chi connectivity index (χ1v) is 8.39. The molecule has 0 aromatic heterocycles. The molecule has 0 bridgehead atoms. The highest BCUT2D eigenvalue weighted by Gasteiger charge is 2.17. The van der Waals surface area contributed by atoms with E-state index in [2.05, 4.69) is 27.4 Å². The predicted molar refractivity (Wildman–Crippen MR) is 74.5 cm³/mol.